The number of nitrogens with one attached hydrogen (secondary N) is 1. The molecule has 0 saturated heterocycles. The molecule has 0 aliphatic heterocycles. The third kappa shape index (κ3) is 4.75. The second kappa shape index (κ2) is 8.63. The standard InChI is InChI=1S/C21H19ClN4O2S/c1-14-4-6-15(7-5-14)18-13-29-21-24-20(25-26(18)21)23-19(27)3-2-12-28-17-10-8-16(22)9-11-17/h4-11,13H,2-3,12H2,1H3,(H,23,25,27). The van der Waals surface area contributed by atoms with Crippen molar-refractivity contribution in [3.05, 3.63) is 64.5 Å². The van der Waals surface area contributed by atoms with E-state index in [0.717, 1.165) is 22.0 Å². The molecule has 4 rings (SSSR count). The van der Waals surface area contributed by atoms with E-state index in [9.17, 15) is 4.79 Å². The van der Waals surface area contributed by atoms with Crippen LogP contribution in [0.2, 0.25) is 5.02 Å². The monoisotopic (exact) mass is 426 g/mol. The SMILES string of the molecule is Cc1ccc(-c2csc3nc(NC(=O)CCCOc4ccc(Cl)cc4)nn23)cc1. The summed E-state index contributed by atoms with van der Waals surface area (Å²) >= 11 is 7.33. The Kier molecular flexibility index (Phi) is 5.78. The van der Waals surface area contributed by atoms with Gasteiger partial charge in [-0.2, -0.15) is 4.98 Å². The molecule has 0 radical (unpaired) electrons. The van der Waals surface area contributed by atoms with Gasteiger partial charge in [0.05, 0.1) is 12.3 Å². The van der Waals surface area contributed by atoms with Crippen molar-refractivity contribution in [3.8, 4) is 17.0 Å². The lowest BCUT2D eigenvalue weighted by Crippen LogP contribution is -2.14. The highest BCUT2D eigenvalue weighted by molar-refractivity contribution is 7.15. The molecular formula is C21H19ClN4O2S. The third-order valence-corrected chi connectivity index (χ3v) is 5.38. The number of benzene rings is 2. The summed E-state index contributed by atoms with van der Waals surface area (Å²) in [6.45, 7) is 2.49. The topological polar surface area (TPSA) is 68.5 Å². The highest BCUT2D eigenvalue weighted by Crippen LogP contribution is 2.26. The number of carbonyl (C=O) groups is 1. The molecule has 1 amide bonds. The zero-order valence-corrected chi connectivity index (χ0v) is 17.3. The van der Waals surface area contributed by atoms with Crippen LogP contribution in [0.4, 0.5) is 5.95 Å². The van der Waals surface area contributed by atoms with Gasteiger partial charge in [-0.25, -0.2) is 4.52 Å². The Balaban J connectivity index is 1.32. The smallest absolute Gasteiger partial charge is 0.250 e. The van der Waals surface area contributed by atoms with Gasteiger partial charge in [-0.05, 0) is 37.6 Å². The van der Waals surface area contributed by atoms with E-state index >= 15 is 0 Å². The maximum Gasteiger partial charge on any atom is 0.250 e. The highest BCUT2D eigenvalue weighted by atomic mass is 35.5. The molecule has 2 heterocycles. The molecule has 0 atom stereocenters. The number of aryl methyl sites for hydroxylation is 1. The number of aromatic nitrogens is 3. The molecule has 4 aromatic rings. The van der Waals surface area contributed by atoms with Crippen molar-refractivity contribution >= 4 is 39.8 Å². The van der Waals surface area contributed by atoms with Crippen molar-refractivity contribution in [1.82, 2.24) is 14.6 Å². The number of nitrogens with zero attached hydrogens (tertiary/aromatic N) is 3. The average Bonchev–Trinajstić information content (AvgIpc) is 3.27. The van der Waals surface area contributed by atoms with E-state index in [2.05, 4.69) is 46.6 Å². The number of hydrogen-bond donors (Lipinski definition) is 1. The van der Waals surface area contributed by atoms with Gasteiger partial charge in [0.2, 0.25) is 16.8 Å². The number of carbonyl (C=O) groups excluding carboxylic acids is 1. The van der Waals surface area contributed by atoms with Crippen LogP contribution in [-0.4, -0.2) is 27.1 Å². The van der Waals surface area contributed by atoms with E-state index in [1.165, 1.54) is 16.9 Å². The van der Waals surface area contributed by atoms with Crippen LogP contribution in [0.1, 0.15) is 18.4 Å². The Morgan fingerprint density at radius 1 is 1.17 bits per heavy atom. The fraction of sp³-hybridized carbons (Fsp3) is 0.190. The average molecular weight is 427 g/mol. The van der Waals surface area contributed by atoms with Crippen LogP contribution in [-0.2, 0) is 4.79 Å². The van der Waals surface area contributed by atoms with Crippen molar-refractivity contribution in [2.24, 2.45) is 0 Å². The van der Waals surface area contributed by atoms with Gasteiger partial charge in [0.15, 0.2) is 0 Å². The first-order valence-corrected chi connectivity index (χ1v) is 10.4. The Hall–Kier alpha value is -2.90. The number of fused-ring (bicyclic) bond motifs is 1. The van der Waals surface area contributed by atoms with Crippen LogP contribution in [0.15, 0.2) is 53.9 Å². The van der Waals surface area contributed by atoms with E-state index in [0.29, 0.717) is 30.4 Å². The minimum absolute atomic E-state index is 0.139. The van der Waals surface area contributed by atoms with E-state index in [1.807, 2.05) is 5.38 Å². The number of thiazole rings is 1. The van der Waals surface area contributed by atoms with Crippen molar-refractivity contribution < 1.29 is 9.53 Å². The van der Waals surface area contributed by atoms with E-state index in [1.54, 1.807) is 28.8 Å². The van der Waals surface area contributed by atoms with Crippen LogP contribution in [0.5, 0.6) is 5.75 Å². The largest absolute Gasteiger partial charge is 0.494 e. The van der Waals surface area contributed by atoms with Gasteiger partial charge < -0.3 is 4.74 Å². The van der Waals surface area contributed by atoms with Gasteiger partial charge >= 0.3 is 0 Å². The lowest BCUT2D eigenvalue weighted by atomic mass is 10.1. The quantitative estimate of drug-likeness (QED) is 0.411. The Morgan fingerprint density at radius 2 is 1.93 bits per heavy atom. The summed E-state index contributed by atoms with van der Waals surface area (Å²) in [7, 11) is 0. The Bertz CT molecular complexity index is 1120. The summed E-state index contributed by atoms with van der Waals surface area (Å²) in [6.07, 6.45) is 0.913. The molecule has 0 unspecified atom stereocenters. The van der Waals surface area contributed by atoms with Crippen molar-refractivity contribution in [2.75, 3.05) is 11.9 Å². The maximum absolute atomic E-state index is 12.2. The molecule has 8 heteroatoms. The Labute approximate surface area is 177 Å². The molecule has 0 spiro atoms. The van der Waals surface area contributed by atoms with Crippen LogP contribution >= 0.6 is 22.9 Å². The zero-order chi connectivity index (χ0) is 20.2. The normalized spacial score (nSPS) is 11.0. The molecule has 6 nitrogen and oxygen atoms in total. The molecule has 0 saturated carbocycles. The molecule has 0 aliphatic carbocycles. The first-order chi connectivity index (χ1) is 14.1. The Morgan fingerprint density at radius 3 is 2.69 bits per heavy atom. The minimum Gasteiger partial charge on any atom is -0.494 e. The van der Waals surface area contributed by atoms with Gasteiger partial charge in [0, 0.05) is 22.4 Å². The molecular weight excluding hydrogens is 408 g/mol. The summed E-state index contributed by atoms with van der Waals surface area (Å²) in [4.78, 5) is 17.3. The molecule has 0 aliphatic rings. The fourth-order valence-electron chi connectivity index (χ4n) is 2.80. The van der Waals surface area contributed by atoms with Crippen LogP contribution < -0.4 is 10.1 Å². The van der Waals surface area contributed by atoms with Crippen LogP contribution in [0.3, 0.4) is 0 Å². The van der Waals surface area contributed by atoms with E-state index in [-0.39, 0.29) is 5.91 Å². The predicted molar refractivity (Wildman–Crippen MR) is 116 cm³/mol. The number of ether oxygens (including phenoxy) is 1. The highest BCUT2D eigenvalue weighted by Gasteiger charge is 2.13. The molecule has 2 aromatic carbocycles. The lowest BCUT2D eigenvalue weighted by Gasteiger charge is -2.05. The number of rotatable bonds is 7. The first kappa shape index (κ1) is 19.4. The summed E-state index contributed by atoms with van der Waals surface area (Å²) in [5, 5.41) is 9.87. The molecule has 0 bridgehead atoms. The van der Waals surface area contributed by atoms with Gasteiger partial charge in [0.25, 0.3) is 0 Å². The van der Waals surface area contributed by atoms with Gasteiger partial charge in [-0.15, -0.1) is 16.4 Å². The van der Waals surface area contributed by atoms with Crippen molar-refractivity contribution in [3.63, 3.8) is 0 Å². The summed E-state index contributed by atoms with van der Waals surface area (Å²) in [5.41, 5.74) is 3.21. The number of anilines is 1. The minimum atomic E-state index is -0.139. The molecule has 0 fully saturated rings. The summed E-state index contributed by atoms with van der Waals surface area (Å²) < 4.78 is 7.36. The van der Waals surface area contributed by atoms with Gasteiger partial charge in [-0.1, -0.05) is 41.4 Å². The molecule has 29 heavy (non-hydrogen) atoms. The fourth-order valence-corrected chi connectivity index (χ4v) is 3.75. The number of amides is 1. The van der Waals surface area contributed by atoms with E-state index < -0.39 is 0 Å². The van der Waals surface area contributed by atoms with Crippen LogP contribution in [0, 0.1) is 6.92 Å². The zero-order valence-electron chi connectivity index (χ0n) is 15.8. The number of halogens is 1. The third-order valence-electron chi connectivity index (χ3n) is 4.31. The summed E-state index contributed by atoms with van der Waals surface area (Å²) in [5.74, 6) is 0.906. The van der Waals surface area contributed by atoms with E-state index in [4.69, 9.17) is 16.3 Å². The van der Waals surface area contributed by atoms with Crippen LogP contribution in [0.25, 0.3) is 16.2 Å². The number of hydrogen-bond acceptors (Lipinski definition) is 5. The maximum atomic E-state index is 12.2. The van der Waals surface area contributed by atoms with Gasteiger partial charge in [0.1, 0.15) is 5.75 Å². The molecule has 1 N–H and O–H groups in total. The molecule has 2 aromatic heterocycles. The lowest BCUT2D eigenvalue weighted by molar-refractivity contribution is -0.116. The van der Waals surface area contributed by atoms with Crippen molar-refractivity contribution in [2.45, 2.75) is 19.8 Å². The molecule has 148 valence electrons. The van der Waals surface area contributed by atoms with Gasteiger partial charge in [-0.3, -0.25) is 10.1 Å². The second-order valence-corrected chi connectivity index (χ2v) is 7.84. The second-order valence-electron chi connectivity index (χ2n) is 6.57. The first-order valence-electron chi connectivity index (χ1n) is 9.18. The summed E-state index contributed by atoms with van der Waals surface area (Å²) in [6, 6.07) is 15.4. The van der Waals surface area contributed by atoms with Crippen molar-refractivity contribution in [1.29, 1.82) is 0 Å². The predicted octanol–water partition coefficient (Wildman–Crippen LogP) is 5.22.